The summed E-state index contributed by atoms with van der Waals surface area (Å²) in [4.78, 5) is 36.4. The lowest BCUT2D eigenvalue weighted by atomic mass is 10.0. The Labute approximate surface area is 121 Å². The minimum Gasteiger partial charge on any atom is -0.508 e. The maximum Gasteiger partial charge on any atom is 0.249 e. The van der Waals surface area contributed by atoms with Gasteiger partial charge in [0, 0.05) is 0 Å². The van der Waals surface area contributed by atoms with Crippen molar-refractivity contribution in [3.05, 3.63) is 29.8 Å². The molecule has 0 saturated carbocycles. The van der Waals surface area contributed by atoms with Crippen molar-refractivity contribution in [2.75, 3.05) is 6.54 Å². The van der Waals surface area contributed by atoms with Crippen LogP contribution in [0, 0.1) is 0 Å². The van der Waals surface area contributed by atoms with E-state index >= 15 is 0 Å². The Bertz CT molecular complexity index is 570. The lowest BCUT2D eigenvalue weighted by Crippen LogP contribution is -2.61. The molecule has 0 radical (unpaired) electrons. The van der Waals surface area contributed by atoms with Gasteiger partial charge in [-0.25, -0.2) is 0 Å². The minimum absolute atomic E-state index is 0.130. The molecule has 1 heterocycles. The second-order valence-corrected chi connectivity index (χ2v) is 5.03. The summed E-state index contributed by atoms with van der Waals surface area (Å²) in [5.41, 5.74) is 6.66. The van der Waals surface area contributed by atoms with Crippen LogP contribution in [0.5, 0.6) is 5.75 Å². The van der Waals surface area contributed by atoms with Crippen LogP contribution < -0.4 is 11.1 Å². The van der Waals surface area contributed by atoms with Gasteiger partial charge in [-0.3, -0.25) is 19.7 Å². The molecule has 0 spiro atoms. The number of phenolic OH excluding ortho intramolecular Hbond substituents is 1. The van der Waals surface area contributed by atoms with Gasteiger partial charge in [-0.1, -0.05) is 12.1 Å². The van der Waals surface area contributed by atoms with E-state index in [1.165, 1.54) is 17.0 Å². The fourth-order valence-corrected chi connectivity index (χ4v) is 2.17. The van der Waals surface area contributed by atoms with Crippen molar-refractivity contribution in [2.45, 2.75) is 25.4 Å². The van der Waals surface area contributed by atoms with E-state index in [-0.39, 0.29) is 18.7 Å². The molecule has 0 aliphatic carbocycles. The van der Waals surface area contributed by atoms with Crippen molar-refractivity contribution in [2.24, 2.45) is 5.73 Å². The van der Waals surface area contributed by atoms with Gasteiger partial charge < -0.3 is 15.7 Å². The molecule has 21 heavy (non-hydrogen) atoms. The Morgan fingerprint density at radius 1 is 1.43 bits per heavy atom. The van der Waals surface area contributed by atoms with Crippen LogP contribution in [0.15, 0.2) is 24.3 Å². The first-order valence-corrected chi connectivity index (χ1v) is 6.56. The molecule has 4 N–H and O–H groups in total. The molecule has 0 aromatic heterocycles. The minimum atomic E-state index is -0.851. The molecule has 112 valence electrons. The number of phenols is 1. The van der Waals surface area contributed by atoms with Crippen LogP contribution in [0.3, 0.4) is 0 Å². The molecule has 2 atom stereocenters. The number of nitrogens with two attached hydrogens (primary N) is 1. The molecule has 1 aromatic rings. The maximum atomic E-state index is 12.3. The summed E-state index contributed by atoms with van der Waals surface area (Å²) in [5.74, 6) is -1.33. The smallest absolute Gasteiger partial charge is 0.249 e. The number of aromatic hydroxyl groups is 1. The molecule has 2 unspecified atom stereocenters. The van der Waals surface area contributed by atoms with Gasteiger partial charge in [-0.15, -0.1) is 0 Å². The first-order valence-electron chi connectivity index (χ1n) is 6.56. The van der Waals surface area contributed by atoms with Crippen molar-refractivity contribution in [3.8, 4) is 5.75 Å². The van der Waals surface area contributed by atoms with Crippen LogP contribution in [0.4, 0.5) is 0 Å². The lowest BCUT2D eigenvalue weighted by Gasteiger charge is -2.33. The van der Waals surface area contributed by atoms with E-state index in [1.807, 2.05) is 0 Å². The van der Waals surface area contributed by atoms with Gasteiger partial charge in [-0.2, -0.15) is 0 Å². The van der Waals surface area contributed by atoms with Crippen molar-refractivity contribution >= 4 is 17.7 Å². The summed E-state index contributed by atoms with van der Waals surface area (Å²) < 4.78 is 0. The molecule has 2 rings (SSSR count). The number of piperazine rings is 1. The number of carbonyl (C=O) groups is 3. The van der Waals surface area contributed by atoms with E-state index < -0.39 is 29.8 Å². The predicted molar refractivity (Wildman–Crippen MR) is 74.1 cm³/mol. The Morgan fingerprint density at radius 2 is 2.05 bits per heavy atom. The molecule has 1 aromatic carbocycles. The third kappa shape index (κ3) is 3.38. The van der Waals surface area contributed by atoms with Crippen molar-refractivity contribution in [3.63, 3.8) is 0 Å². The van der Waals surface area contributed by atoms with Crippen LogP contribution in [0.2, 0.25) is 0 Å². The SMILES string of the molecule is CC1C(=O)NC(=O)CN1C(=O)C(N)Cc1ccc(O)cc1. The van der Waals surface area contributed by atoms with E-state index in [0.717, 1.165) is 5.56 Å². The van der Waals surface area contributed by atoms with Gasteiger partial charge in [0.05, 0.1) is 6.04 Å². The number of hydrogen-bond donors (Lipinski definition) is 3. The van der Waals surface area contributed by atoms with E-state index in [0.29, 0.717) is 0 Å². The van der Waals surface area contributed by atoms with Crippen molar-refractivity contribution in [1.82, 2.24) is 10.2 Å². The zero-order valence-electron chi connectivity index (χ0n) is 11.6. The van der Waals surface area contributed by atoms with E-state index in [1.54, 1.807) is 19.1 Å². The summed E-state index contributed by atoms with van der Waals surface area (Å²) in [6.07, 6.45) is 0.262. The van der Waals surface area contributed by atoms with Gasteiger partial charge in [0.25, 0.3) is 0 Å². The number of hydrogen-bond acceptors (Lipinski definition) is 5. The molecular formula is C14H17N3O4. The standard InChI is InChI=1S/C14H17N3O4/c1-8-13(20)16-12(19)7-17(8)14(21)11(15)6-9-2-4-10(18)5-3-9/h2-5,8,11,18H,6-7,15H2,1H3,(H,16,19,20). The largest absolute Gasteiger partial charge is 0.508 e. The molecule has 1 saturated heterocycles. The third-order valence-electron chi connectivity index (χ3n) is 3.42. The fourth-order valence-electron chi connectivity index (χ4n) is 2.17. The van der Waals surface area contributed by atoms with Gasteiger partial charge in [0.15, 0.2) is 0 Å². The first-order chi connectivity index (χ1) is 9.88. The molecule has 0 bridgehead atoms. The second-order valence-electron chi connectivity index (χ2n) is 5.03. The van der Waals surface area contributed by atoms with Crippen molar-refractivity contribution in [1.29, 1.82) is 0 Å². The Balaban J connectivity index is 2.06. The van der Waals surface area contributed by atoms with Crippen LogP contribution in [0.1, 0.15) is 12.5 Å². The number of nitrogens with one attached hydrogen (secondary N) is 1. The Morgan fingerprint density at radius 3 is 2.67 bits per heavy atom. The summed E-state index contributed by atoms with van der Waals surface area (Å²) in [6, 6.07) is 4.77. The van der Waals surface area contributed by atoms with Crippen LogP contribution in [0.25, 0.3) is 0 Å². The lowest BCUT2D eigenvalue weighted by molar-refractivity contribution is -0.150. The van der Waals surface area contributed by atoms with E-state index in [4.69, 9.17) is 5.73 Å². The summed E-state index contributed by atoms with van der Waals surface area (Å²) >= 11 is 0. The topological polar surface area (TPSA) is 113 Å². The average Bonchev–Trinajstić information content (AvgIpc) is 2.44. The summed E-state index contributed by atoms with van der Waals surface area (Å²) in [7, 11) is 0. The number of nitrogens with zero attached hydrogens (tertiary/aromatic N) is 1. The number of imide groups is 1. The highest BCUT2D eigenvalue weighted by atomic mass is 16.3. The fraction of sp³-hybridized carbons (Fsp3) is 0.357. The van der Waals surface area contributed by atoms with Crippen LogP contribution in [-0.2, 0) is 20.8 Å². The number of benzene rings is 1. The molecule has 7 nitrogen and oxygen atoms in total. The quantitative estimate of drug-likeness (QED) is 0.627. The van der Waals surface area contributed by atoms with Gasteiger partial charge in [0.2, 0.25) is 17.7 Å². The van der Waals surface area contributed by atoms with Gasteiger partial charge >= 0.3 is 0 Å². The third-order valence-corrected chi connectivity index (χ3v) is 3.42. The summed E-state index contributed by atoms with van der Waals surface area (Å²) in [6.45, 7) is 1.38. The molecule has 1 fully saturated rings. The molecule has 3 amide bonds. The number of amides is 3. The van der Waals surface area contributed by atoms with Crippen LogP contribution in [-0.4, -0.2) is 46.4 Å². The monoisotopic (exact) mass is 291 g/mol. The zero-order chi connectivity index (χ0) is 15.6. The first kappa shape index (κ1) is 15.0. The predicted octanol–water partition coefficient (Wildman–Crippen LogP) is -0.864. The second kappa shape index (κ2) is 5.92. The maximum absolute atomic E-state index is 12.3. The molecular weight excluding hydrogens is 274 g/mol. The Kier molecular flexibility index (Phi) is 4.23. The highest BCUT2D eigenvalue weighted by molar-refractivity contribution is 6.04. The normalized spacial score (nSPS) is 20.1. The zero-order valence-corrected chi connectivity index (χ0v) is 11.6. The van der Waals surface area contributed by atoms with Gasteiger partial charge in [0.1, 0.15) is 18.3 Å². The van der Waals surface area contributed by atoms with Crippen LogP contribution >= 0.6 is 0 Å². The van der Waals surface area contributed by atoms with Gasteiger partial charge in [-0.05, 0) is 31.0 Å². The average molecular weight is 291 g/mol. The number of carbonyl (C=O) groups excluding carboxylic acids is 3. The highest BCUT2D eigenvalue weighted by Crippen LogP contribution is 2.13. The molecule has 1 aliphatic heterocycles. The van der Waals surface area contributed by atoms with E-state index in [9.17, 15) is 19.5 Å². The van der Waals surface area contributed by atoms with Crippen molar-refractivity contribution < 1.29 is 19.5 Å². The summed E-state index contributed by atoms with van der Waals surface area (Å²) in [5, 5.41) is 11.4. The number of rotatable bonds is 3. The Hall–Kier alpha value is -2.41. The highest BCUT2D eigenvalue weighted by Gasteiger charge is 2.35. The molecule has 7 heteroatoms. The molecule has 1 aliphatic rings. The van der Waals surface area contributed by atoms with E-state index in [2.05, 4.69) is 5.32 Å².